The summed E-state index contributed by atoms with van der Waals surface area (Å²) < 4.78 is 13.1. The lowest BCUT2D eigenvalue weighted by Crippen LogP contribution is -2.52. The number of amides is 1. The van der Waals surface area contributed by atoms with E-state index in [1.807, 2.05) is 19.3 Å². The summed E-state index contributed by atoms with van der Waals surface area (Å²) in [4.78, 5) is 22.6. The van der Waals surface area contributed by atoms with Gasteiger partial charge in [0.05, 0.1) is 41.2 Å². The van der Waals surface area contributed by atoms with E-state index in [-0.39, 0.29) is 17.8 Å². The van der Waals surface area contributed by atoms with Crippen LogP contribution in [-0.4, -0.2) is 35.4 Å². The Kier molecular flexibility index (Phi) is 7.05. The fourth-order valence-electron chi connectivity index (χ4n) is 3.64. The molecule has 0 unspecified atom stereocenters. The van der Waals surface area contributed by atoms with Crippen LogP contribution in [0.4, 0.5) is 15.8 Å². The van der Waals surface area contributed by atoms with Gasteiger partial charge < -0.3 is 21.7 Å². The molecule has 3 rings (SSSR count). The molecule has 0 radical (unpaired) electrons. The third-order valence-corrected chi connectivity index (χ3v) is 5.50. The lowest BCUT2D eigenvalue weighted by Gasteiger charge is -2.42. The van der Waals surface area contributed by atoms with E-state index in [1.54, 1.807) is 0 Å². The van der Waals surface area contributed by atoms with Gasteiger partial charge in [-0.25, -0.2) is 9.38 Å². The number of rotatable bonds is 7. The Morgan fingerprint density at radius 1 is 1.31 bits per heavy atom. The second-order valence-corrected chi connectivity index (χ2v) is 7.86. The van der Waals surface area contributed by atoms with E-state index >= 15 is 0 Å². The minimum atomic E-state index is -0.753. The zero-order chi connectivity index (χ0) is 23.1. The summed E-state index contributed by atoms with van der Waals surface area (Å²) in [5.74, 6) is -1.25. The van der Waals surface area contributed by atoms with E-state index < -0.39 is 17.3 Å². The third-order valence-electron chi connectivity index (χ3n) is 5.50. The molecule has 1 aliphatic rings. The number of aryl methyl sites for hydroxylation is 1. The molecule has 0 atom stereocenters. The van der Waals surface area contributed by atoms with Crippen LogP contribution in [0.1, 0.15) is 24.8 Å². The lowest BCUT2D eigenvalue weighted by atomic mass is 9.84. The SMILES string of the molecule is Cc1cncc(N2CCC(CC#N)(N/C=C(/C(N)=O)C(N)=Nc3ccc(F)cc3)CC2)c1. The van der Waals surface area contributed by atoms with Gasteiger partial charge in [-0.2, -0.15) is 5.26 Å². The smallest absolute Gasteiger partial charge is 0.253 e. The van der Waals surface area contributed by atoms with Crippen molar-refractivity contribution in [3.8, 4) is 6.07 Å². The molecule has 8 nitrogen and oxygen atoms in total. The number of carbonyl (C=O) groups excluding carboxylic acids is 1. The van der Waals surface area contributed by atoms with Crippen molar-refractivity contribution in [2.45, 2.75) is 31.7 Å². The summed E-state index contributed by atoms with van der Waals surface area (Å²) in [7, 11) is 0. The molecule has 1 saturated heterocycles. The first-order valence-corrected chi connectivity index (χ1v) is 10.2. The molecule has 0 bridgehead atoms. The number of hydrogen-bond donors (Lipinski definition) is 3. The maximum absolute atomic E-state index is 13.1. The molecule has 166 valence electrons. The highest BCUT2D eigenvalue weighted by molar-refractivity contribution is 6.20. The Morgan fingerprint density at radius 3 is 2.59 bits per heavy atom. The summed E-state index contributed by atoms with van der Waals surface area (Å²) in [6.07, 6.45) is 6.67. The number of amidine groups is 1. The van der Waals surface area contributed by atoms with E-state index in [0.717, 1.165) is 24.3 Å². The minimum absolute atomic E-state index is 0.00282. The number of carbonyl (C=O) groups is 1. The molecule has 32 heavy (non-hydrogen) atoms. The average Bonchev–Trinajstić information content (AvgIpc) is 2.76. The zero-order valence-corrected chi connectivity index (χ0v) is 17.9. The first-order chi connectivity index (χ1) is 15.3. The molecule has 9 heteroatoms. The molecular weight excluding hydrogens is 409 g/mol. The maximum Gasteiger partial charge on any atom is 0.253 e. The molecule has 5 N–H and O–H groups in total. The van der Waals surface area contributed by atoms with E-state index in [1.165, 1.54) is 30.5 Å². The number of primary amides is 1. The Hall–Kier alpha value is -3.93. The summed E-state index contributed by atoms with van der Waals surface area (Å²) in [5, 5.41) is 12.6. The lowest BCUT2D eigenvalue weighted by molar-refractivity contribution is -0.114. The van der Waals surface area contributed by atoms with Crippen LogP contribution >= 0.6 is 0 Å². The van der Waals surface area contributed by atoms with Gasteiger partial charge in [0, 0.05) is 25.5 Å². The van der Waals surface area contributed by atoms with Crippen LogP contribution in [-0.2, 0) is 4.79 Å². The molecule has 1 aliphatic heterocycles. The Morgan fingerprint density at radius 2 is 2.00 bits per heavy atom. The van der Waals surface area contributed by atoms with Crippen molar-refractivity contribution in [3.63, 3.8) is 0 Å². The van der Waals surface area contributed by atoms with Crippen LogP contribution in [0.2, 0.25) is 0 Å². The van der Waals surface area contributed by atoms with Crippen LogP contribution in [0.5, 0.6) is 0 Å². The number of aromatic nitrogens is 1. The predicted molar refractivity (Wildman–Crippen MR) is 121 cm³/mol. The zero-order valence-electron chi connectivity index (χ0n) is 17.9. The quantitative estimate of drug-likeness (QED) is 0.347. The monoisotopic (exact) mass is 435 g/mol. The summed E-state index contributed by atoms with van der Waals surface area (Å²) in [6, 6.07) is 9.70. The Balaban J connectivity index is 1.77. The molecule has 2 heterocycles. The van der Waals surface area contributed by atoms with Crippen molar-refractivity contribution in [2.24, 2.45) is 16.5 Å². The van der Waals surface area contributed by atoms with Crippen molar-refractivity contribution in [3.05, 3.63) is 65.9 Å². The van der Waals surface area contributed by atoms with Crippen molar-refractivity contribution in [1.29, 1.82) is 5.26 Å². The average molecular weight is 436 g/mol. The molecule has 2 aromatic rings. The van der Waals surface area contributed by atoms with E-state index in [9.17, 15) is 14.4 Å². The topological polar surface area (TPSA) is 133 Å². The molecule has 1 aromatic carbocycles. The van der Waals surface area contributed by atoms with Gasteiger partial charge in [-0.05, 0) is 55.7 Å². The summed E-state index contributed by atoms with van der Waals surface area (Å²) in [5.41, 5.74) is 13.5. The number of benzene rings is 1. The van der Waals surface area contributed by atoms with Gasteiger partial charge >= 0.3 is 0 Å². The number of piperidine rings is 1. The predicted octanol–water partition coefficient (Wildman–Crippen LogP) is 2.43. The number of hydrogen-bond acceptors (Lipinski definition) is 6. The third kappa shape index (κ3) is 5.60. The minimum Gasteiger partial charge on any atom is -0.384 e. The van der Waals surface area contributed by atoms with Crippen LogP contribution in [0.25, 0.3) is 0 Å². The number of aliphatic imine (C=N–C) groups is 1. The first-order valence-electron chi connectivity index (χ1n) is 10.2. The van der Waals surface area contributed by atoms with Gasteiger partial charge in [0.25, 0.3) is 5.91 Å². The maximum atomic E-state index is 13.1. The number of halogens is 1. The van der Waals surface area contributed by atoms with E-state index in [4.69, 9.17) is 11.5 Å². The molecule has 0 saturated carbocycles. The Bertz CT molecular complexity index is 1060. The fraction of sp³-hybridized carbons (Fsp3) is 0.304. The van der Waals surface area contributed by atoms with E-state index in [2.05, 4.69) is 32.3 Å². The highest BCUT2D eigenvalue weighted by atomic mass is 19.1. The van der Waals surface area contributed by atoms with Crippen LogP contribution in [0.15, 0.2) is 59.5 Å². The van der Waals surface area contributed by atoms with Gasteiger partial charge in [0.1, 0.15) is 11.7 Å². The van der Waals surface area contributed by atoms with Crippen molar-refractivity contribution >= 4 is 23.1 Å². The van der Waals surface area contributed by atoms with Crippen molar-refractivity contribution in [2.75, 3.05) is 18.0 Å². The van der Waals surface area contributed by atoms with Crippen LogP contribution < -0.4 is 21.7 Å². The van der Waals surface area contributed by atoms with Crippen LogP contribution in [0, 0.1) is 24.1 Å². The number of pyridine rings is 1. The van der Waals surface area contributed by atoms with Crippen molar-refractivity contribution < 1.29 is 9.18 Å². The van der Waals surface area contributed by atoms with Gasteiger partial charge in [-0.3, -0.25) is 9.78 Å². The molecule has 1 fully saturated rings. The van der Waals surface area contributed by atoms with Crippen LogP contribution in [0.3, 0.4) is 0 Å². The molecule has 0 spiro atoms. The Labute approximate surface area is 186 Å². The summed E-state index contributed by atoms with van der Waals surface area (Å²) in [6.45, 7) is 3.44. The number of nitrogens with two attached hydrogens (primary N) is 2. The highest BCUT2D eigenvalue weighted by Gasteiger charge is 2.34. The molecular formula is C23H26FN7O. The van der Waals surface area contributed by atoms with Crippen molar-refractivity contribution in [1.82, 2.24) is 10.3 Å². The van der Waals surface area contributed by atoms with Gasteiger partial charge in [0.15, 0.2) is 0 Å². The first kappa shape index (κ1) is 22.7. The fourth-order valence-corrected chi connectivity index (χ4v) is 3.64. The number of nitriles is 1. The standard InChI is InChI=1S/C23H26FN7O/c1-16-12-19(14-28-13-16)31-10-7-23(6-9-25,8-11-31)29-15-20(22(27)32)21(26)30-18-4-2-17(24)3-5-18/h2-5,12-15,29H,6-8,10-11H2,1H3,(H2,26,30)(H2,27,32)/b20-15+. The number of anilines is 1. The van der Waals surface area contributed by atoms with Gasteiger partial charge in [-0.1, -0.05) is 0 Å². The normalized spacial score (nSPS) is 16.3. The number of nitrogens with one attached hydrogen (secondary N) is 1. The second kappa shape index (κ2) is 9.92. The van der Waals surface area contributed by atoms with E-state index in [0.29, 0.717) is 18.5 Å². The number of nitrogens with zero attached hydrogens (tertiary/aromatic N) is 4. The largest absolute Gasteiger partial charge is 0.384 e. The molecule has 0 aliphatic carbocycles. The summed E-state index contributed by atoms with van der Waals surface area (Å²) >= 11 is 0. The van der Waals surface area contributed by atoms with Gasteiger partial charge in [0.2, 0.25) is 0 Å². The van der Waals surface area contributed by atoms with Gasteiger partial charge in [-0.15, -0.1) is 0 Å². The molecule has 1 amide bonds. The highest BCUT2D eigenvalue weighted by Crippen LogP contribution is 2.29. The molecule has 1 aromatic heterocycles. The second-order valence-electron chi connectivity index (χ2n) is 7.86.